The Labute approximate surface area is 174 Å². The van der Waals surface area contributed by atoms with E-state index < -0.39 is 0 Å². The van der Waals surface area contributed by atoms with Gasteiger partial charge in [-0.3, -0.25) is 19.9 Å². The Morgan fingerprint density at radius 2 is 1.93 bits per heavy atom. The van der Waals surface area contributed by atoms with E-state index in [9.17, 15) is 9.59 Å². The third kappa shape index (κ3) is 5.32. The predicted molar refractivity (Wildman–Crippen MR) is 115 cm³/mol. The van der Waals surface area contributed by atoms with Gasteiger partial charge in [-0.15, -0.1) is 0 Å². The lowest BCUT2D eigenvalue weighted by Gasteiger charge is -2.32. The summed E-state index contributed by atoms with van der Waals surface area (Å²) >= 11 is 6.53. The van der Waals surface area contributed by atoms with Crippen LogP contribution in [0.5, 0.6) is 5.75 Å². The van der Waals surface area contributed by atoms with Crippen molar-refractivity contribution < 1.29 is 14.3 Å². The van der Waals surface area contributed by atoms with Crippen molar-refractivity contribution in [3.8, 4) is 5.75 Å². The molecule has 0 saturated carbocycles. The molecule has 2 heterocycles. The largest absolute Gasteiger partial charge is 0.494 e. The standard InChI is InChI=1S/C19H24N4O3S2/c1-3-26-15-6-4-14(5-7-15)12-16-18(25)23(19(27)28-16)13-17(24)20-22-10-8-21(2)9-11-22/h4-7,12H,3,8-11,13H2,1-2H3,(H,20,24). The molecule has 1 aromatic rings. The van der Waals surface area contributed by atoms with E-state index in [0.29, 0.717) is 15.8 Å². The molecule has 0 atom stereocenters. The van der Waals surface area contributed by atoms with Gasteiger partial charge in [0.05, 0.1) is 11.5 Å². The van der Waals surface area contributed by atoms with E-state index in [1.54, 1.807) is 6.08 Å². The molecule has 0 spiro atoms. The van der Waals surface area contributed by atoms with Crippen LogP contribution in [0.4, 0.5) is 0 Å². The number of carbonyl (C=O) groups is 2. The van der Waals surface area contributed by atoms with Crippen molar-refractivity contribution >= 4 is 46.2 Å². The maximum Gasteiger partial charge on any atom is 0.266 e. The fourth-order valence-corrected chi connectivity index (χ4v) is 4.14. The molecule has 2 fully saturated rings. The van der Waals surface area contributed by atoms with Gasteiger partial charge >= 0.3 is 0 Å². The molecule has 7 nitrogen and oxygen atoms in total. The summed E-state index contributed by atoms with van der Waals surface area (Å²) in [4.78, 5) is 29.1. The van der Waals surface area contributed by atoms with Gasteiger partial charge in [0.2, 0.25) is 0 Å². The number of benzene rings is 1. The first kappa shape index (κ1) is 20.8. The van der Waals surface area contributed by atoms with Crippen LogP contribution in [0.25, 0.3) is 6.08 Å². The van der Waals surface area contributed by atoms with Crippen molar-refractivity contribution in [1.29, 1.82) is 0 Å². The van der Waals surface area contributed by atoms with Crippen LogP contribution < -0.4 is 10.2 Å². The first-order valence-corrected chi connectivity index (χ1v) is 10.4. The summed E-state index contributed by atoms with van der Waals surface area (Å²) in [6, 6.07) is 7.49. The lowest BCUT2D eigenvalue weighted by molar-refractivity contribution is -0.132. The SMILES string of the molecule is CCOc1ccc(C=C2SC(=S)N(CC(=O)NN3CCN(C)CC3)C2=O)cc1. The molecule has 150 valence electrons. The Morgan fingerprint density at radius 1 is 1.25 bits per heavy atom. The van der Waals surface area contributed by atoms with E-state index in [1.807, 2.05) is 36.2 Å². The van der Waals surface area contributed by atoms with Crippen LogP contribution in [0.15, 0.2) is 29.2 Å². The molecule has 2 amide bonds. The second kappa shape index (κ2) is 9.51. The molecule has 2 aliphatic rings. The van der Waals surface area contributed by atoms with Crippen LogP contribution in [0.2, 0.25) is 0 Å². The third-order valence-corrected chi connectivity index (χ3v) is 5.83. The zero-order valence-corrected chi connectivity index (χ0v) is 17.6. The van der Waals surface area contributed by atoms with Crippen LogP contribution in [-0.2, 0) is 9.59 Å². The molecule has 3 rings (SSSR count). The van der Waals surface area contributed by atoms with Gasteiger partial charge < -0.3 is 9.64 Å². The van der Waals surface area contributed by atoms with E-state index in [1.165, 1.54) is 16.7 Å². The summed E-state index contributed by atoms with van der Waals surface area (Å²) < 4.78 is 5.82. The lowest BCUT2D eigenvalue weighted by atomic mass is 10.2. The van der Waals surface area contributed by atoms with Gasteiger partial charge in [-0.25, -0.2) is 5.01 Å². The molecule has 28 heavy (non-hydrogen) atoms. The molecule has 1 aromatic carbocycles. The number of thioether (sulfide) groups is 1. The first-order chi connectivity index (χ1) is 13.5. The number of thiocarbonyl (C=S) groups is 1. The summed E-state index contributed by atoms with van der Waals surface area (Å²) in [6.07, 6.45) is 1.79. The number of hydrazine groups is 1. The predicted octanol–water partition coefficient (Wildman–Crippen LogP) is 1.57. The zero-order valence-electron chi connectivity index (χ0n) is 16.0. The Balaban J connectivity index is 1.59. The first-order valence-electron chi connectivity index (χ1n) is 9.17. The van der Waals surface area contributed by atoms with E-state index in [4.69, 9.17) is 17.0 Å². The van der Waals surface area contributed by atoms with E-state index >= 15 is 0 Å². The van der Waals surface area contributed by atoms with Gasteiger partial charge in [0.1, 0.15) is 16.6 Å². The minimum absolute atomic E-state index is 0.0718. The topological polar surface area (TPSA) is 65.1 Å². The maximum absolute atomic E-state index is 12.7. The van der Waals surface area contributed by atoms with Gasteiger partial charge in [0, 0.05) is 26.2 Å². The highest BCUT2D eigenvalue weighted by Crippen LogP contribution is 2.32. The number of hydrogen-bond donors (Lipinski definition) is 1. The quantitative estimate of drug-likeness (QED) is 0.554. The highest BCUT2D eigenvalue weighted by Gasteiger charge is 2.33. The normalized spacial score (nSPS) is 20.1. The highest BCUT2D eigenvalue weighted by atomic mass is 32.2. The summed E-state index contributed by atoms with van der Waals surface area (Å²) in [7, 11) is 2.05. The molecule has 0 unspecified atom stereocenters. The Morgan fingerprint density at radius 3 is 2.57 bits per heavy atom. The van der Waals surface area contributed by atoms with Crippen LogP contribution in [0.1, 0.15) is 12.5 Å². The monoisotopic (exact) mass is 420 g/mol. The second-order valence-corrected chi connectivity index (χ2v) is 8.27. The Hall–Kier alpha value is -1.94. The molecule has 0 aromatic heterocycles. The van der Waals surface area contributed by atoms with Crippen LogP contribution in [0.3, 0.4) is 0 Å². The fraction of sp³-hybridized carbons (Fsp3) is 0.421. The number of rotatable bonds is 6. The molecule has 9 heteroatoms. The molecule has 0 bridgehead atoms. The Kier molecular flexibility index (Phi) is 7.06. The van der Waals surface area contributed by atoms with Crippen molar-refractivity contribution in [2.45, 2.75) is 6.92 Å². The van der Waals surface area contributed by atoms with Crippen LogP contribution in [-0.4, -0.2) is 77.3 Å². The zero-order chi connectivity index (χ0) is 20.1. The van der Waals surface area contributed by atoms with Crippen molar-refractivity contribution in [3.05, 3.63) is 34.7 Å². The Bertz CT molecular complexity index is 774. The van der Waals surface area contributed by atoms with Crippen molar-refractivity contribution in [3.63, 3.8) is 0 Å². The van der Waals surface area contributed by atoms with Crippen LogP contribution in [0, 0.1) is 0 Å². The molecule has 0 radical (unpaired) electrons. The molecule has 2 saturated heterocycles. The average Bonchev–Trinajstić information content (AvgIpc) is 2.93. The van der Waals surface area contributed by atoms with E-state index in [-0.39, 0.29) is 18.4 Å². The van der Waals surface area contributed by atoms with Crippen molar-refractivity contribution in [1.82, 2.24) is 20.2 Å². The van der Waals surface area contributed by atoms with Crippen molar-refractivity contribution in [2.75, 3.05) is 46.4 Å². The summed E-state index contributed by atoms with van der Waals surface area (Å²) in [6.45, 7) is 5.78. The number of piperazine rings is 1. The van der Waals surface area contributed by atoms with Gasteiger partial charge in [0.25, 0.3) is 11.8 Å². The van der Waals surface area contributed by atoms with Gasteiger partial charge in [0.15, 0.2) is 0 Å². The summed E-state index contributed by atoms with van der Waals surface area (Å²) in [5.74, 6) is 0.313. The summed E-state index contributed by atoms with van der Waals surface area (Å²) in [5.41, 5.74) is 3.74. The maximum atomic E-state index is 12.7. The fourth-order valence-electron chi connectivity index (χ4n) is 2.89. The molecule has 1 N–H and O–H groups in total. The lowest BCUT2D eigenvalue weighted by Crippen LogP contribution is -2.54. The number of hydrogen-bond acceptors (Lipinski definition) is 7. The molecule has 2 aliphatic heterocycles. The minimum atomic E-state index is -0.239. The number of nitrogens with zero attached hydrogens (tertiary/aromatic N) is 3. The van der Waals surface area contributed by atoms with E-state index in [2.05, 4.69) is 17.4 Å². The average molecular weight is 421 g/mol. The van der Waals surface area contributed by atoms with Gasteiger partial charge in [-0.1, -0.05) is 36.1 Å². The summed E-state index contributed by atoms with van der Waals surface area (Å²) in [5, 5.41) is 1.88. The number of amides is 2. The van der Waals surface area contributed by atoms with E-state index in [0.717, 1.165) is 37.5 Å². The van der Waals surface area contributed by atoms with Crippen LogP contribution >= 0.6 is 24.0 Å². The number of nitrogens with one attached hydrogen (secondary N) is 1. The highest BCUT2D eigenvalue weighted by molar-refractivity contribution is 8.26. The molecular formula is C19H24N4O3S2. The number of likely N-dealkylation sites (N-methyl/N-ethyl adjacent to an activating group) is 1. The molecular weight excluding hydrogens is 396 g/mol. The number of ether oxygens (including phenoxy) is 1. The molecule has 0 aliphatic carbocycles. The van der Waals surface area contributed by atoms with Gasteiger partial charge in [-0.2, -0.15) is 0 Å². The van der Waals surface area contributed by atoms with Gasteiger partial charge in [-0.05, 0) is 37.7 Å². The second-order valence-electron chi connectivity index (χ2n) is 6.60. The van der Waals surface area contributed by atoms with Crippen molar-refractivity contribution in [2.24, 2.45) is 0 Å². The minimum Gasteiger partial charge on any atom is -0.494 e. The third-order valence-electron chi connectivity index (χ3n) is 4.45. The number of carbonyl (C=O) groups excluding carboxylic acids is 2. The smallest absolute Gasteiger partial charge is 0.266 e.